The molecule has 1 atom stereocenters. The van der Waals surface area contributed by atoms with Crippen LogP contribution in [0.4, 0.5) is 0 Å². The van der Waals surface area contributed by atoms with E-state index in [-0.39, 0.29) is 6.04 Å². The van der Waals surface area contributed by atoms with Crippen molar-refractivity contribution in [1.82, 2.24) is 10.3 Å². The first-order valence-corrected chi connectivity index (χ1v) is 6.87. The van der Waals surface area contributed by atoms with E-state index < -0.39 is 0 Å². The van der Waals surface area contributed by atoms with Gasteiger partial charge >= 0.3 is 0 Å². The monoisotopic (exact) mass is 270 g/mol. The largest absolute Gasteiger partial charge is 0.453 e. The Bertz CT molecular complexity index is 727. The Labute approximate surface area is 117 Å². The van der Waals surface area contributed by atoms with Crippen molar-refractivity contribution in [3.8, 4) is 11.5 Å². The van der Waals surface area contributed by atoms with Crippen molar-refractivity contribution in [3.63, 3.8) is 0 Å². The molecule has 2 aromatic heterocycles. The van der Waals surface area contributed by atoms with Crippen LogP contribution in [0.2, 0.25) is 0 Å². The Balaban J connectivity index is 1.94. The zero-order valence-electron chi connectivity index (χ0n) is 11.9. The van der Waals surface area contributed by atoms with E-state index in [1.54, 1.807) is 6.20 Å². The second-order valence-electron chi connectivity index (χ2n) is 4.99. The lowest BCUT2D eigenvalue weighted by molar-refractivity contribution is 0.422. The first-order valence-electron chi connectivity index (χ1n) is 6.87. The van der Waals surface area contributed by atoms with Crippen LogP contribution in [0, 0.1) is 6.92 Å². The Morgan fingerprint density at radius 3 is 2.85 bits per heavy atom. The molecule has 0 bridgehead atoms. The summed E-state index contributed by atoms with van der Waals surface area (Å²) >= 11 is 0. The Morgan fingerprint density at radius 2 is 2.05 bits per heavy atom. The second kappa shape index (κ2) is 5.13. The summed E-state index contributed by atoms with van der Waals surface area (Å²) in [7, 11) is 0. The Kier molecular flexibility index (Phi) is 3.32. The van der Waals surface area contributed by atoms with E-state index in [9.17, 15) is 0 Å². The van der Waals surface area contributed by atoms with Crippen LogP contribution in [0.15, 0.2) is 39.3 Å². The summed E-state index contributed by atoms with van der Waals surface area (Å²) in [6.07, 6.45) is 1.72. The quantitative estimate of drug-likeness (QED) is 0.776. The van der Waals surface area contributed by atoms with Crippen molar-refractivity contribution < 1.29 is 8.83 Å². The molecule has 1 unspecified atom stereocenters. The molecular formula is C16H18N2O2. The summed E-state index contributed by atoms with van der Waals surface area (Å²) in [6, 6.07) is 8.20. The third-order valence-corrected chi connectivity index (χ3v) is 3.32. The topological polar surface area (TPSA) is 51.2 Å². The number of nitrogens with one attached hydrogen (secondary N) is 1. The molecule has 3 rings (SSSR count). The number of benzene rings is 1. The van der Waals surface area contributed by atoms with Crippen molar-refractivity contribution in [1.29, 1.82) is 0 Å². The molecule has 0 saturated heterocycles. The predicted molar refractivity (Wildman–Crippen MR) is 78.5 cm³/mol. The van der Waals surface area contributed by atoms with Crippen molar-refractivity contribution in [3.05, 3.63) is 41.9 Å². The molecule has 0 radical (unpaired) electrons. The number of oxazole rings is 1. The minimum absolute atomic E-state index is 0.0976. The van der Waals surface area contributed by atoms with Gasteiger partial charge in [0, 0.05) is 5.39 Å². The van der Waals surface area contributed by atoms with E-state index in [2.05, 4.69) is 30.2 Å². The first kappa shape index (κ1) is 12.9. The first-order chi connectivity index (χ1) is 9.67. The van der Waals surface area contributed by atoms with E-state index >= 15 is 0 Å². The summed E-state index contributed by atoms with van der Waals surface area (Å²) < 4.78 is 11.6. The van der Waals surface area contributed by atoms with E-state index in [0.717, 1.165) is 17.5 Å². The number of hydrogen-bond acceptors (Lipinski definition) is 4. The van der Waals surface area contributed by atoms with Crippen molar-refractivity contribution in [2.45, 2.75) is 26.8 Å². The van der Waals surface area contributed by atoms with Gasteiger partial charge in [-0.05, 0) is 38.6 Å². The molecule has 0 fully saturated rings. The SMILES string of the molecule is CCNC(C)c1ncc(-c2cc3cc(C)ccc3o2)o1. The minimum atomic E-state index is 0.0976. The molecule has 2 heterocycles. The van der Waals surface area contributed by atoms with Crippen LogP contribution in [0.25, 0.3) is 22.5 Å². The molecule has 0 amide bonds. The zero-order valence-corrected chi connectivity index (χ0v) is 11.9. The number of hydrogen-bond donors (Lipinski definition) is 1. The van der Waals surface area contributed by atoms with Gasteiger partial charge in [0.25, 0.3) is 0 Å². The smallest absolute Gasteiger partial charge is 0.211 e. The van der Waals surface area contributed by atoms with Gasteiger partial charge in [-0.3, -0.25) is 0 Å². The number of aryl methyl sites for hydroxylation is 1. The fraction of sp³-hybridized carbons (Fsp3) is 0.312. The van der Waals surface area contributed by atoms with Crippen LogP contribution in [-0.4, -0.2) is 11.5 Å². The van der Waals surface area contributed by atoms with Gasteiger partial charge in [0.1, 0.15) is 5.58 Å². The zero-order chi connectivity index (χ0) is 14.1. The summed E-state index contributed by atoms with van der Waals surface area (Å²) in [4.78, 5) is 4.31. The predicted octanol–water partition coefficient (Wildman–Crippen LogP) is 4.07. The molecule has 0 aliphatic rings. The highest BCUT2D eigenvalue weighted by atomic mass is 16.4. The number of rotatable bonds is 4. The average molecular weight is 270 g/mol. The molecule has 104 valence electrons. The molecule has 20 heavy (non-hydrogen) atoms. The standard InChI is InChI=1S/C16H18N2O2/c1-4-17-11(3)16-18-9-15(20-16)14-8-12-7-10(2)5-6-13(12)19-14/h5-9,11,17H,4H2,1-3H3. The van der Waals surface area contributed by atoms with Gasteiger partial charge in [-0.2, -0.15) is 0 Å². The van der Waals surface area contributed by atoms with E-state index in [1.165, 1.54) is 5.56 Å². The van der Waals surface area contributed by atoms with Gasteiger partial charge in [0.15, 0.2) is 11.5 Å². The normalized spacial score (nSPS) is 12.9. The van der Waals surface area contributed by atoms with Gasteiger partial charge in [-0.15, -0.1) is 0 Å². The lowest BCUT2D eigenvalue weighted by Gasteiger charge is -2.06. The van der Waals surface area contributed by atoms with Crippen LogP contribution in [0.1, 0.15) is 31.3 Å². The maximum atomic E-state index is 5.81. The van der Waals surface area contributed by atoms with Crippen LogP contribution >= 0.6 is 0 Å². The van der Waals surface area contributed by atoms with Gasteiger partial charge in [-0.25, -0.2) is 4.98 Å². The maximum Gasteiger partial charge on any atom is 0.211 e. The van der Waals surface area contributed by atoms with Gasteiger partial charge < -0.3 is 14.2 Å². The summed E-state index contributed by atoms with van der Waals surface area (Å²) in [5.74, 6) is 2.06. The van der Waals surface area contributed by atoms with Crippen molar-refractivity contribution >= 4 is 11.0 Å². The third-order valence-electron chi connectivity index (χ3n) is 3.32. The third kappa shape index (κ3) is 2.34. The van der Waals surface area contributed by atoms with Crippen LogP contribution in [0.3, 0.4) is 0 Å². The van der Waals surface area contributed by atoms with Crippen molar-refractivity contribution in [2.75, 3.05) is 6.54 Å². The van der Waals surface area contributed by atoms with E-state index in [1.807, 2.05) is 25.1 Å². The molecule has 1 N–H and O–H groups in total. The highest BCUT2D eigenvalue weighted by Crippen LogP contribution is 2.29. The van der Waals surface area contributed by atoms with Crippen LogP contribution in [0.5, 0.6) is 0 Å². The highest BCUT2D eigenvalue weighted by Gasteiger charge is 2.15. The average Bonchev–Trinajstić information content (AvgIpc) is 3.04. The lowest BCUT2D eigenvalue weighted by Crippen LogP contribution is -2.17. The Hall–Kier alpha value is -2.07. The highest BCUT2D eigenvalue weighted by molar-refractivity contribution is 5.82. The summed E-state index contributed by atoms with van der Waals surface area (Å²) in [6.45, 7) is 7.03. The van der Waals surface area contributed by atoms with E-state index in [0.29, 0.717) is 17.4 Å². The molecule has 0 saturated carbocycles. The van der Waals surface area contributed by atoms with Gasteiger partial charge in [0.05, 0.1) is 12.2 Å². The van der Waals surface area contributed by atoms with Crippen molar-refractivity contribution in [2.24, 2.45) is 0 Å². The molecule has 1 aromatic carbocycles. The molecule has 3 aromatic rings. The fourth-order valence-corrected chi connectivity index (χ4v) is 2.28. The summed E-state index contributed by atoms with van der Waals surface area (Å²) in [5.41, 5.74) is 2.08. The molecule has 0 aliphatic heterocycles. The molecule has 4 nitrogen and oxygen atoms in total. The van der Waals surface area contributed by atoms with Crippen LogP contribution in [-0.2, 0) is 0 Å². The fourth-order valence-electron chi connectivity index (χ4n) is 2.28. The number of fused-ring (bicyclic) bond motifs is 1. The van der Waals surface area contributed by atoms with Gasteiger partial charge in [-0.1, -0.05) is 18.6 Å². The van der Waals surface area contributed by atoms with Crippen LogP contribution < -0.4 is 5.32 Å². The second-order valence-corrected chi connectivity index (χ2v) is 4.99. The van der Waals surface area contributed by atoms with Gasteiger partial charge in [0.2, 0.25) is 5.89 Å². The lowest BCUT2D eigenvalue weighted by atomic mass is 10.2. The maximum absolute atomic E-state index is 5.81. The van der Waals surface area contributed by atoms with E-state index in [4.69, 9.17) is 8.83 Å². The molecule has 4 heteroatoms. The number of aromatic nitrogens is 1. The summed E-state index contributed by atoms with van der Waals surface area (Å²) in [5, 5.41) is 4.35. The molecule has 0 aliphatic carbocycles. The number of furan rings is 1. The molecular weight excluding hydrogens is 252 g/mol. The minimum Gasteiger partial charge on any atom is -0.453 e. The molecule has 0 spiro atoms. The Morgan fingerprint density at radius 1 is 1.20 bits per heavy atom. The number of nitrogens with zero attached hydrogens (tertiary/aromatic N) is 1.